The molecule has 0 aliphatic carbocycles. The van der Waals surface area contributed by atoms with Crippen LogP contribution < -0.4 is 0 Å². The Morgan fingerprint density at radius 1 is 0.241 bits per heavy atom. The van der Waals surface area contributed by atoms with Gasteiger partial charge in [0.1, 0.15) is 0 Å². The minimum Gasteiger partial charge on any atom is -0.264 e. The molecule has 254 valence electrons. The fourth-order valence-electron chi connectivity index (χ4n) is 6.74. The highest BCUT2D eigenvalue weighted by Crippen LogP contribution is 2.43. The van der Waals surface area contributed by atoms with Crippen LogP contribution in [0.1, 0.15) is 0 Å². The van der Waals surface area contributed by atoms with Gasteiger partial charge < -0.3 is 0 Å². The number of aromatic nitrogens is 6. The molecule has 0 N–H and O–H groups in total. The van der Waals surface area contributed by atoms with E-state index in [0.717, 1.165) is 89.5 Å². The molecule has 0 bridgehead atoms. The molecule has 6 aromatic heterocycles. The Bertz CT molecular complexity index is 2260. The summed E-state index contributed by atoms with van der Waals surface area (Å²) in [5, 5.41) is 0. The second-order valence-electron chi connectivity index (χ2n) is 12.9. The van der Waals surface area contributed by atoms with E-state index in [4.69, 9.17) is 9.97 Å². The first kappa shape index (κ1) is 32.5. The predicted molar refractivity (Wildman–Crippen MR) is 217 cm³/mol. The van der Waals surface area contributed by atoms with Crippen molar-refractivity contribution in [3.63, 3.8) is 0 Å². The molecular weight excluding hydrogens is 661 g/mol. The summed E-state index contributed by atoms with van der Waals surface area (Å²) in [4.78, 5) is 27.5. The summed E-state index contributed by atoms with van der Waals surface area (Å²) in [6.07, 6.45) is 14.9. The maximum absolute atomic E-state index is 4.89. The maximum atomic E-state index is 4.89. The smallest absolute Gasteiger partial charge is 0.0886 e. The minimum absolute atomic E-state index is 0.821. The van der Waals surface area contributed by atoms with Gasteiger partial charge in [-0.2, -0.15) is 0 Å². The molecule has 0 atom stereocenters. The van der Waals surface area contributed by atoms with Crippen molar-refractivity contribution in [3.05, 3.63) is 195 Å². The lowest BCUT2D eigenvalue weighted by molar-refractivity contribution is 1.25. The van der Waals surface area contributed by atoms with E-state index >= 15 is 0 Å². The molecular formula is C48H32N6. The zero-order chi connectivity index (χ0) is 36.1. The topological polar surface area (TPSA) is 77.3 Å². The van der Waals surface area contributed by atoms with Crippen LogP contribution in [0.3, 0.4) is 0 Å². The van der Waals surface area contributed by atoms with Gasteiger partial charge in [-0.25, -0.2) is 0 Å². The third kappa shape index (κ3) is 6.67. The van der Waals surface area contributed by atoms with E-state index in [1.807, 2.05) is 85.5 Å². The highest BCUT2D eigenvalue weighted by Gasteiger charge is 2.18. The van der Waals surface area contributed by atoms with Crippen molar-refractivity contribution in [1.29, 1.82) is 0 Å². The molecule has 0 aliphatic rings. The largest absolute Gasteiger partial charge is 0.264 e. The fraction of sp³-hybridized carbons (Fsp3) is 0. The monoisotopic (exact) mass is 692 g/mol. The summed E-state index contributed by atoms with van der Waals surface area (Å²) in [7, 11) is 0. The van der Waals surface area contributed by atoms with Crippen LogP contribution in [0.2, 0.25) is 0 Å². The van der Waals surface area contributed by atoms with Crippen LogP contribution in [0.25, 0.3) is 89.5 Å². The normalized spacial score (nSPS) is 11.0. The summed E-state index contributed by atoms with van der Waals surface area (Å²) in [5.41, 5.74) is 16.2. The van der Waals surface area contributed by atoms with Crippen molar-refractivity contribution in [2.75, 3.05) is 0 Å². The van der Waals surface area contributed by atoms with Gasteiger partial charge in [-0.1, -0.05) is 84.9 Å². The Labute approximate surface area is 313 Å². The number of benzene rings is 3. The summed E-state index contributed by atoms with van der Waals surface area (Å²) < 4.78 is 0. The van der Waals surface area contributed by atoms with Crippen LogP contribution in [-0.4, -0.2) is 29.9 Å². The molecule has 3 aromatic carbocycles. The van der Waals surface area contributed by atoms with E-state index in [0.29, 0.717) is 0 Å². The van der Waals surface area contributed by atoms with Gasteiger partial charge in [0.05, 0.1) is 22.8 Å². The molecule has 9 aromatic rings. The first-order valence-corrected chi connectivity index (χ1v) is 17.7. The van der Waals surface area contributed by atoms with E-state index in [9.17, 15) is 0 Å². The average molecular weight is 693 g/mol. The molecule has 0 aliphatic heterocycles. The van der Waals surface area contributed by atoms with Gasteiger partial charge in [0.25, 0.3) is 0 Å². The highest BCUT2D eigenvalue weighted by atomic mass is 14.8. The molecule has 6 heteroatoms. The number of pyridine rings is 6. The fourth-order valence-corrected chi connectivity index (χ4v) is 6.74. The Morgan fingerprint density at radius 3 is 0.981 bits per heavy atom. The first-order valence-electron chi connectivity index (χ1n) is 17.7. The quantitative estimate of drug-likeness (QED) is 0.158. The molecule has 6 nitrogen and oxygen atoms in total. The lowest BCUT2D eigenvalue weighted by Crippen LogP contribution is -1.95. The number of nitrogens with zero attached hydrogens (tertiary/aromatic N) is 6. The van der Waals surface area contributed by atoms with Crippen molar-refractivity contribution in [2.45, 2.75) is 0 Å². The summed E-state index contributed by atoms with van der Waals surface area (Å²) in [5.74, 6) is 0. The van der Waals surface area contributed by atoms with E-state index in [1.165, 1.54) is 0 Å². The van der Waals surface area contributed by atoms with Gasteiger partial charge in [-0.3, -0.25) is 29.9 Å². The molecule has 0 radical (unpaired) electrons. The minimum atomic E-state index is 0.821. The molecule has 0 fully saturated rings. The van der Waals surface area contributed by atoms with Crippen LogP contribution in [0.15, 0.2) is 195 Å². The van der Waals surface area contributed by atoms with E-state index < -0.39 is 0 Å². The predicted octanol–water partition coefficient (Wildman–Crippen LogP) is 11.4. The molecule has 0 spiro atoms. The van der Waals surface area contributed by atoms with E-state index in [2.05, 4.69) is 105 Å². The van der Waals surface area contributed by atoms with Crippen molar-refractivity contribution in [3.8, 4) is 89.5 Å². The Balaban J connectivity index is 1.23. The van der Waals surface area contributed by atoms with Gasteiger partial charge in [-0.15, -0.1) is 0 Å². The van der Waals surface area contributed by atoms with E-state index in [1.54, 1.807) is 24.8 Å². The highest BCUT2D eigenvalue weighted by molar-refractivity contribution is 5.95. The van der Waals surface area contributed by atoms with Crippen LogP contribution in [0.5, 0.6) is 0 Å². The molecule has 54 heavy (non-hydrogen) atoms. The summed E-state index contributed by atoms with van der Waals surface area (Å²) >= 11 is 0. The molecule has 0 saturated carbocycles. The maximum Gasteiger partial charge on any atom is 0.0886 e. The van der Waals surface area contributed by atoms with Crippen LogP contribution >= 0.6 is 0 Å². The Kier molecular flexibility index (Phi) is 8.81. The SMILES string of the molecule is c1ccc(-c2ccc(-c3cc(-c4ccc(-c5ccccn5)nc4)c(-c4ccc(-c5cccnc5)cc4)cc3-c3ccc(-c4cccnc4)cc3)cn2)nc1. The van der Waals surface area contributed by atoms with E-state index in [-0.39, 0.29) is 0 Å². The zero-order valence-corrected chi connectivity index (χ0v) is 29.2. The number of rotatable bonds is 8. The third-order valence-corrected chi connectivity index (χ3v) is 9.54. The van der Waals surface area contributed by atoms with Gasteiger partial charge in [-0.05, 0) is 116 Å². The third-order valence-electron chi connectivity index (χ3n) is 9.54. The van der Waals surface area contributed by atoms with Crippen molar-refractivity contribution >= 4 is 0 Å². The number of hydrogen-bond donors (Lipinski definition) is 0. The van der Waals surface area contributed by atoms with Gasteiger partial charge in [0.15, 0.2) is 0 Å². The first-order chi connectivity index (χ1) is 26.8. The summed E-state index contributed by atoms with van der Waals surface area (Å²) in [6.45, 7) is 0. The van der Waals surface area contributed by atoms with Crippen LogP contribution in [0, 0.1) is 0 Å². The Morgan fingerprint density at radius 2 is 0.630 bits per heavy atom. The molecule has 0 amide bonds. The van der Waals surface area contributed by atoms with Crippen LogP contribution in [-0.2, 0) is 0 Å². The summed E-state index contributed by atoms with van der Waals surface area (Å²) in [6, 6.07) is 50.2. The molecule has 9 rings (SSSR count). The zero-order valence-electron chi connectivity index (χ0n) is 29.2. The van der Waals surface area contributed by atoms with Crippen molar-refractivity contribution < 1.29 is 0 Å². The lowest BCUT2D eigenvalue weighted by atomic mass is 9.85. The standard InChI is InChI=1S/C48H32N6/c1-3-25-51-45(9-1)47-21-19-39(31-53-47)43-28-44(40-20-22-48(54-32-40)46-10-2-4-26-52-46)42(36-17-13-34(14-18-36)38-8-6-24-50-30-38)27-41(43)35-15-11-33(12-16-35)37-7-5-23-49-29-37/h1-32H. The molecule has 6 heterocycles. The van der Waals surface area contributed by atoms with Gasteiger partial charge >= 0.3 is 0 Å². The van der Waals surface area contributed by atoms with Gasteiger partial charge in [0, 0.05) is 60.7 Å². The lowest BCUT2D eigenvalue weighted by Gasteiger charge is -2.19. The second-order valence-corrected chi connectivity index (χ2v) is 12.9. The molecule has 0 unspecified atom stereocenters. The number of hydrogen-bond acceptors (Lipinski definition) is 6. The molecule has 0 saturated heterocycles. The van der Waals surface area contributed by atoms with Crippen LogP contribution in [0.4, 0.5) is 0 Å². The van der Waals surface area contributed by atoms with Crippen molar-refractivity contribution in [2.24, 2.45) is 0 Å². The van der Waals surface area contributed by atoms with Gasteiger partial charge in [0.2, 0.25) is 0 Å². The van der Waals surface area contributed by atoms with Crippen molar-refractivity contribution in [1.82, 2.24) is 29.9 Å². The second kappa shape index (κ2) is 14.7. The average Bonchev–Trinajstić information content (AvgIpc) is 3.27. The Hall–Kier alpha value is -7.44.